The standard InChI is InChI=1S/C23H28N2O5S/c1-4-31(27,28)24-20-12-17(6-5-15(20)2)18-11-19-14-25(23(26)16-7-8-16)9-10-30-22(19)21(13-18)29-3/h5-6,11-13,16,24H,4,7-10,14H2,1-3H3. The van der Waals surface area contributed by atoms with Crippen molar-refractivity contribution in [1.82, 2.24) is 4.90 Å². The van der Waals surface area contributed by atoms with E-state index in [4.69, 9.17) is 9.47 Å². The van der Waals surface area contributed by atoms with Gasteiger partial charge in [-0.05, 0) is 61.6 Å². The highest BCUT2D eigenvalue weighted by Gasteiger charge is 2.34. The van der Waals surface area contributed by atoms with E-state index in [1.807, 2.05) is 42.2 Å². The maximum absolute atomic E-state index is 12.6. The number of hydrogen-bond acceptors (Lipinski definition) is 5. The van der Waals surface area contributed by atoms with Crippen LogP contribution in [0.5, 0.6) is 11.5 Å². The average molecular weight is 445 g/mol. The average Bonchev–Trinajstić information content (AvgIpc) is 3.60. The van der Waals surface area contributed by atoms with Gasteiger partial charge in [-0.1, -0.05) is 12.1 Å². The van der Waals surface area contributed by atoms with Crippen molar-refractivity contribution in [3.63, 3.8) is 0 Å². The van der Waals surface area contributed by atoms with E-state index >= 15 is 0 Å². The quantitative estimate of drug-likeness (QED) is 0.736. The van der Waals surface area contributed by atoms with Gasteiger partial charge in [0.25, 0.3) is 0 Å². The van der Waals surface area contributed by atoms with Crippen molar-refractivity contribution < 1.29 is 22.7 Å². The molecule has 0 spiro atoms. The highest BCUT2D eigenvalue weighted by atomic mass is 32.2. The molecule has 0 bridgehead atoms. The van der Waals surface area contributed by atoms with Crippen LogP contribution in [0.3, 0.4) is 0 Å². The minimum absolute atomic E-state index is 0.00549. The van der Waals surface area contributed by atoms with E-state index in [-0.39, 0.29) is 17.6 Å². The van der Waals surface area contributed by atoms with Crippen molar-refractivity contribution in [3.05, 3.63) is 41.5 Å². The van der Waals surface area contributed by atoms with E-state index in [0.717, 1.165) is 35.1 Å². The van der Waals surface area contributed by atoms with E-state index in [0.29, 0.717) is 36.9 Å². The van der Waals surface area contributed by atoms with Crippen LogP contribution in [0.4, 0.5) is 5.69 Å². The number of carbonyl (C=O) groups is 1. The van der Waals surface area contributed by atoms with Crippen LogP contribution in [-0.2, 0) is 21.4 Å². The first-order valence-corrected chi connectivity index (χ1v) is 12.2. The van der Waals surface area contributed by atoms with Gasteiger partial charge in [-0.2, -0.15) is 0 Å². The van der Waals surface area contributed by atoms with Gasteiger partial charge in [0.1, 0.15) is 6.61 Å². The molecule has 0 saturated heterocycles. The third-order valence-electron chi connectivity index (χ3n) is 5.78. The summed E-state index contributed by atoms with van der Waals surface area (Å²) < 4.78 is 38.4. The topological polar surface area (TPSA) is 84.9 Å². The summed E-state index contributed by atoms with van der Waals surface area (Å²) in [7, 11) is -1.79. The minimum Gasteiger partial charge on any atom is -0.493 e. The molecular weight excluding hydrogens is 416 g/mol. The second kappa shape index (κ2) is 8.42. The van der Waals surface area contributed by atoms with E-state index in [1.165, 1.54) is 0 Å². The molecule has 1 saturated carbocycles. The van der Waals surface area contributed by atoms with Crippen molar-refractivity contribution >= 4 is 21.6 Å². The predicted octanol–water partition coefficient (Wildman–Crippen LogP) is 3.56. The number of nitrogens with zero attached hydrogens (tertiary/aromatic N) is 1. The van der Waals surface area contributed by atoms with Crippen LogP contribution in [0.15, 0.2) is 30.3 Å². The number of nitrogens with one attached hydrogen (secondary N) is 1. The molecule has 1 amide bonds. The first-order valence-electron chi connectivity index (χ1n) is 10.6. The van der Waals surface area contributed by atoms with Crippen LogP contribution in [0.1, 0.15) is 30.9 Å². The van der Waals surface area contributed by atoms with Crippen molar-refractivity contribution in [2.24, 2.45) is 5.92 Å². The fraction of sp³-hybridized carbons (Fsp3) is 0.435. The second-order valence-corrected chi connectivity index (χ2v) is 10.1. The highest BCUT2D eigenvalue weighted by Crippen LogP contribution is 2.40. The molecule has 0 atom stereocenters. The first kappa shape index (κ1) is 21.5. The second-order valence-electron chi connectivity index (χ2n) is 8.08. The molecule has 0 radical (unpaired) electrons. The third-order valence-corrected chi connectivity index (χ3v) is 7.07. The summed E-state index contributed by atoms with van der Waals surface area (Å²) in [5, 5.41) is 0. The van der Waals surface area contributed by atoms with Crippen LogP contribution >= 0.6 is 0 Å². The molecule has 1 aliphatic heterocycles. The minimum atomic E-state index is -3.38. The van der Waals surface area contributed by atoms with Crippen molar-refractivity contribution in [3.8, 4) is 22.6 Å². The summed E-state index contributed by atoms with van der Waals surface area (Å²) in [5.74, 6) is 1.61. The van der Waals surface area contributed by atoms with E-state index < -0.39 is 10.0 Å². The highest BCUT2D eigenvalue weighted by molar-refractivity contribution is 7.92. The van der Waals surface area contributed by atoms with Gasteiger partial charge in [0.05, 0.1) is 25.1 Å². The Morgan fingerprint density at radius 3 is 2.68 bits per heavy atom. The molecule has 8 heteroatoms. The number of rotatable bonds is 6. The Morgan fingerprint density at radius 2 is 2.00 bits per heavy atom. The zero-order valence-electron chi connectivity index (χ0n) is 18.1. The van der Waals surface area contributed by atoms with Gasteiger partial charge in [-0.3, -0.25) is 9.52 Å². The Bertz CT molecular complexity index is 1110. The summed E-state index contributed by atoms with van der Waals surface area (Å²) in [6, 6.07) is 9.55. The number of amides is 1. The van der Waals surface area contributed by atoms with Gasteiger partial charge in [0.15, 0.2) is 11.5 Å². The van der Waals surface area contributed by atoms with E-state index in [9.17, 15) is 13.2 Å². The summed E-state index contributed by atoms with van der Waals surface area (Å²) >= 11 is 0. The molecule has 1 N–H and O–H groups in total. The fourth-order valence-electron chi connectivity index (χ4n) is 3.73. The Labute approximate surface area is 183 Å². The number of benzene rings is 2. The molecule has 31 heavy (non-hydrogen) atoms. The summed E-state index contributed by atoms with van der Waals surface area (Å²) in [6.45, 7) is 4.91. The normalized spacial score (nSPS) is 16.2. The van der Waals surface area contributed by atoms with Gasteiger partial charge >= 0.3 is 0 Å². The van der Waals surface area contributed by atoms with Gasteiger partial charge in [-0.15, -0.1) is 0 Å². The molecule has 2 aromatic rings. The summed E-state index contributed by atoms with van der Waals surface area (Å²) in [4.78, 5) is 14.5. The van der Waals surface area contributed by atoms with Gasteiger partial charge in [0, 0.05) is 18.0 Å². The van der Waals surface area contributed by atoms with E-state index in [2.05, 4.69) is 4.72 Å². The number of hydrogen-bond donors (Lipinski definition) is 1. The monoisotopic (exact) mass is 444 g/mol. The Kier molecular flexibility index (Phi) is 5.83. The number of ether oxygens (including phenoxy) is 2. The molecule has 7 nitrogen and oxygen atoms in total. The number of anilines is 1. The van der Waals surface area contributed by atoms with Crippen LogP contribution < -0.4 is 14.2 Å². The number of carbonyl (C=O) groups excluding carboxylic acids is 1. The predicted molar refractivity (Wildman–Crippen MR) is 120 cm³/mol. The number of sulfonamides is 1. The summed E-state index contributed by atoms with van der Waals surface area (Å²) in [6.07, 6.45) is 1.93. The SMILES string of the molecule is CCS(=O)(=O)Nc1cc(-c2cc3c(c(OC)c2)OCCN(C(=O)C2CC2)C3)ccc1C. The molecule has 0 unspecified atom stereocenters. The fourth-order valence-corrected chi connectivity index (χ4v) is 4.43. The number of aryl methyl sites for hydroxylation is 1. The first-order chi connectivity index (χ1) is 14.8. The molecule has 166 valence electrons. The smallest absolute Gasteiger partial charge is 0.232 e. The van der Waals surface area contributed by atoms with Crippen molar-refractivity contribution in [2.45, 2.75) is 33.2 Å². The molecule has 1 fully saturated rings. The lowest BCUT2D eigenvalue weighted by Gasteiger charge is -2.20. The molecule has 0 aromatic heterocycles. The number of fused-ring (bicyclic) bond motifs is 1. The van der Waals surface area contributed by atoms with Gasteiger partial charge < -0.3 is 14.4 Å². The van der Waals surface area contributed by atoms with Crippen molar-refractivity contribution in [1.29, 1.82) is 0 Å². The largest absolute Gasteiger partial charge is 0.493 e. The van der Waals surface area contributed by atoms with Crippen LogP contribution in [0.2, 0.25) is 0 Å². The maximum atomic E-state index is 12.6. The zero-order valence-corrected chi connectivity index (χ0v) is 18.9. The third kappa shape index (κ3) is 4.63. The summed E-state index contributed by atoms with van der Waals surface area (Å²) in [5.41, 5.74) is 4.00. The molecule has 1 heterocycles. The van der Waals surface area contributed by atoms with Crippen LogP contribution in [0.25, 0.3) is 11.1 Å². The molecule has 4 rings (SSSR count). The molecular formula is C23H28N2O5S. The van der Waals surface area contributed by atoms with Crippen LogP contribution in [-0.4, -0.2) is 45.2 Å². The lowest BCUT2D eigenvalue weighted by molar-refractivity contribution is -0.133. The molecule has 1 aliphatic carbocycles. The zero-order chi connectivity index (χ0) is 22.2. The van der Waals surface area contributed by atoms with E-state index in [1.54, 1.807) is 14.0 Å². The van der Waals surface area contributed by atoms with Gasteiger partial charge in [0.2, 0.25) is 15.9 Å². The Balaban J connectivity index is 1.72. The lowest BCUT2D eigenvalue weighted by atomic mass is 9.99. The lowest BCUT2D eigenvalue weighted by Crippen LogP contribution is -2.33. The number of methoxy groups -OCH3 is 1. The van der Waals surface area contributed by atoms with Gasteiger partial charge in [-0.25, -0.2) is 8.42 Å². The molecule has 2 aromatic carbocycles. The maximum Gasteiger partial charge on any atom is 0.232 e. The Morgan fingerprint density at radius 1 is 1.23 bits per heavy atom. The molecule has 2 aliphatic rings. The van der Waals surface area contributed by atoms with Crippen molar-refractivity contribution in [2.75, 3.05) is 30.7 Å². The van der Waals surface area contributed by atoms with Crippen LogP contribution in [0, 0.1) is 12.8 Å². The Hall–Kier alpha value is -2.74.